The van der Waals surface area contributed by atoms with Crippen molar-refractivity contribution in [3.05, 3.63) is 29.3 Å². The molecule has 0 unspecified atom stereocenters. The summed E-state index contributed by atoms with van der Waals surface area (Å²) in [5.41, 5.74) is -0.806. The van der Waals surface area contributed by atoms with Gasteiger partial charge in [-0.3, -0.25) is 0 Å². The molecule has 0 aromatic heterocycles. The van der Waals surface area contributed by atoms with E-state index >= 15 is 0 Å². The maximum absolute atomic E-state index is 12.2. The second kappa shape index (κ2) is 4.90. The van der Waals surface area contributed by atoms with E-state index in [9.17, 15) is 18.3 Å². The minimum Gasteiger partial charge on any atom is -0.507 e. The lowest BCUT2D eigenvalue weighted by atomic mass is 10.1. The van der Waals surface area contributed by atoms with E-state index in [0.29, 0.717) is 6.07 Å². The van der Waals surface area contributed by atoms with E-state index in [4.69, 9.17) is 5.11 Å². The van der Waals surface area contributed by atoms with Gasteiger partial charge in [-0.1, -0.05) is 11.8 Å². The maximum atomic E-state index is 12.2. The molecule has 0 aliphatic rings. The molecular weight excluding hydrogens is 221 g/mol. The van der Waals surface area contributed by atoms with Crippen LogP contribution >= 0.6 is 0 Å². The van der Waals surface area contributed by atoms with Crippen LogP contribution in [0.2, 0.25) is 0 Å². The summed E-state index contributed by atoms with van der Waals surface area (Å²) in [6.45, 7) is -0.131. The summed E-state index contributed by atoms with van der Waals surface area (Å²) < 4.78 is 36.7. The zero-order chi connectivity index (χ0) is 12.2. The van der Waals surface area contributed by atoms with E-state index in [1.54, 1.807) is 0 Å². The Kier molecular flexibility index (Phi) is 3.80. The summed E-state index contributed by atoms with van der Waals surface area (Å²) in [6, 6.07) is 2.58. The predicted octanol–water partition coefficient (Wildman–Crippen LogP) is 2.14. The third-order valence-corrected chi connectivity index (χ3v) is 1.78. The minimum atomic E-state index is -4.48. The summed E-state index contributed by atoms with van der Waals surface area (Å²) in [5.74, 6) is 4.46. The number of phenolic OH excluding ortho intramolecular Hbond substituents is 1. The van der Waals surface area contributed by atoms with Gasteiger partial charge >= 0.3 is 6.18 Å². The number of aliphatic hydroxyl groups excluding tert-OH is 1. The number of halogens is 3. The fourth-order valence-electron chi connectivity index (χ4n) is 1.03. The van der Waals surface area contributed by atoms with Crippen molar-refractivity contribution in [1.29, 1.82) is 0 Å². The lowest BCUT2D eigenvalue weighted by Crippen LogP contribution is -2.04. The molecule has 0 radical (unpaired) electrons. The highest BCUT2D eigenvalue weighted by Crippen LogP contribution is 2.32. The van der Waals surface area contributed by atoms with E-state index in [1.807, 2.05) is 0 Å². The molecule has 0 saturated heterocycles. The van der Waals surface area contributed by atoms with Crippen LogP contribution in [-0.2, 0) is 6.18 Å². The Morgan fingerprint density at radius 3 is 2.44 bits per heavy atom. The van der Waals surface area contributed by atoms with Crippen molar-refractivity contribution in [3.63, 3.8) is 0 Å². The van der Waals surface area contributed by atoms with Crippen molar-refractivity contribution in [3.8, 4) is 17.6 Å². The molecule has 5 heteroatoms. The molecule has 0 bridgehead atoms. The number of benzene rings is 1. The van der Waals surface area contributed by atoms with E-state index < -0.39 is 17.5 Å². The Morgan fingerprint density at radius 2 is 1.94 bits per heavy atom. The summed E-state index contributed by atoms with van der Waals surface area (Å²) in [7, 11) is 0. The van der Waals surface area contributed by atoms with E-state index in [2.05, 4.69) is 11.8 Å². The van der Waals surface area contributed by atoms with E-state index in [0.717, 1.165) is 12.1 Å². The third-order valence-electron chi connectivity index (χ3n) is 1.78. The summed E-state index contributed by atoms with van der Waals surface area (Å²) in [6.07, 6.45) is -4.27. The maximum Gasteiger partial charge on any atom is 0.416 e. The van der Waals surface area contributed by atoms with Crippen LogP contribution in [0.25, 0.3) is 0 Å². The third kappa shape index (κ3) is 3.17. The van der Waals surface area contributed by atoms with Crippen molar-refractivity contribution in [2.45, 2.75) is 12.6 Å². The first kappa shape index (κ1) is 12.4. The van der Waals surface area contributed by atoms with Gasteiger partial charge in [0.15, 0.2) is 0 Å². The Balaban J connectivity index is 2.98. The zero-order valence-corrected chi connectivity index (χ0v) is 8.17. The van der Waals surface area contributed by atoms with Gasteiger partial charge in [0.2, 0.25) is 0 Å². The summed E-state index contributed by atoms with van der Waals surface area (Å²) in [5, 5.41) is 17.7. The number of rotatable bonds is 1. The lowest BCUT2D eigenvalue weighted by molar-refractivity contribution is -0.137. The quantitative estimate of drug-likeness (QED) is 0.725. The molecule has 0 fully saturated rings. The number of alkyl halides is 3. The smallest absolute Gasteiger partial charge is 0.416 e. The highest BCUT2D eigenvalue weighted by molar-refractivity contribution is 5.47. The topological polar surface area (TPSA) is 40.5 Å². The van der Waals surface area contributed by atoms with Crippen LogP contribution < -0.4 is 0 Å². The molecule has 1 rings (SSSR count). The molecule has 1 aromatic rings. The standard InChI is InChI=1S/C11H9F3O2/c12-11(13,14)9-5-4-8(10(16)7-9)3-1-2-6-15/h4-5,7,15-16H,2,6H2. The Hall–Kier alpha value is -1.67. The van der Waals surface area contributed by atoms with Crippen molar-refractivity contribution in [2.24, 2.45) is 0 Å². The number of aromatic hydroxyl groups is 1. The molecule has 2 nitrogen and oxygen atoms in total. The molecule has 0 aliphatic carbocycles. The normalized spacial score (nSPS) is 10.8. The average molecular weight is 230 g/mol. The Bertz CT molecular complexity index is 427. The van der Waals surface area contributed by atoms with Crippen molar-refractivity contribution < 1.29 is 23.4 Å². The molecule has 0 amide bonds. The molecule has 0 saturated carbocycles. The van der Waals surface area contributed by atoms with Crippen molar-refractivity contribution >= 4 is 0 Å². The van der Waals surface area contributed by atoms with Gasteiger partial charge in [0, 0.05) is 6.42 Å². The largest absolute Gasteiger partial charge is 0.507 e. The fraction of sp³-hybridized carbons (Fsp3) is 0.273. The number of hydrogen-bond donors (Lipinski definition) is 2. The van der Waals surface area contributed by atoms with Gasteiger partial charge < -0.3 is 10.2 Å². The van der Waals surface area contributed by atoms with Gasteiger partial charge in [0.25, 0.3) is 0 Å². The number of phenols is 1. The van der Waals surface area contributed by atoms with Crippen LogP contribution in [0.5, 0.6) is 5.75 Å². The van der Waals surface area contributed by atoms with Gasteiger partial charge in [0.05, 0.1) is 17.7 Å². The highest BCUT2D eigenvalue weighted by atomic mass is 19.4. The van der Waals surface area contributed by atoms with E-state index in [1.165, 1.54) is 0 Å². The number of aliphatic hydroxyl groups is 1. The van der Waals surface area contributed by atoms with Crippen LogP contribution in [-0.4, -0.2) is 16.8 Å². The van der Waals surface area contributed by atoms with Gasteiger partial charge in [-0.2, -0.15) is 13.2 Å². The molecule has 0 heterocycles. The highest BCUT2D eigenvalue weighted by Gasteiger charge is 2.30. The van der Waals surface area contributed by atoms with Gasteiger partial charge in [-0.05, 0) is 18.2 Å². The first-order valence-corrected chi connectivity index (χ1v) is 4.45. The van der Waals surface area contributed by atoms with Crippen LogP contribution in [0.1, 0.15) is 17.5 Å². The van der Waals surface area contributed by atoms with Crippen LogP contribution in [0, 0.1) is 11.8 Å². The van der Waals surface area contributed by atoms with E-state index in [-0.39, 0.29) is 18.6 Å². The van der Waals surface area contributed by atoms with Crippen LogP contribution in [0.4, 0.5) is 13.2 Å². The minimum absolute atomic E-state index is 0.112. The fourth-order valence-corrected chi connectivity index (χ4v) is 1.03. The Morgan fingerprint density at radius 1 is 1.25 bits per heavy atom. The first-order chi connectivity index (χ1) is 7.45. The molecule has 0 aliphatic heterocycles. The number of hydrogen-bond acceptors (Lipinski definition) is 2. The van der Waals surface area contributed by atoms with Crippen molar-refractivity contribution in [1.82, 2.24) is 0 Å². The summed E-state index contributed by atoms with van der Waals surface area (Å²) >= 11 is 0. The zero-order valence-electron chi connectivity index (χ0n) is 8.17. The molecule has 0 spiro atoms. The second-order valence-corrected chi connectivity index (χ2v) is 3.01. The molecule has 16 heavy (non-hydrogen) atoms. The van der Waals surface area contributed by atoms with Gasteiger partial charge in [-0.15, -0.1) is 0 Å². The Labute approximate surface area is 90.3 Å². The molecule has 0 atom stereocenters. The van der Waals surface area contributed by atoms with Crippen LogP contribution in [0.3, 0.4) is 0 Å². The summed E-state index contributed by atoms with van der Waals surface area (Å²) in [4.78, 5) is 0. The van der Waals surface area contributed by atoms with Gasteiger partial charge in [0.1, 0.15) is 5.75 Å². The van der Waals surface area contributed by atoms with Crippen LogP contribution in [0.15, 0.2) is 18.2 Å². The monoisotopic (exact) mass is 230 g/mol. The molecule has 1 aromatic carbocycles. The molecule has 2 N–H and O–H groups in total. The van der Waals surface area contributed by atoms with Gasteiger partial charge in [-0.25, -0.2) is 0 Å². The predicted molar refractivity (Wildman–Crippen MR) is 51.7 cm³/mol. The average Bonchev–Trinajstić information content (AvgIpc) is 2.19. The molecular formula is C11H9F3O2. The molecule has 86 valence electrons. The SMILES string of the molecule is OCCC#Cc1ccc(C(F)(F)F)cc1O. The first-order valence-electron chi connectivity index (χ1n) is 4.45. The second-order valence-electron chi connectivity index (χ2n) is 3.01. The lowest BCUT2D eigenvalue weighted by Gasteiger charge is -2.07. The van der Waals surface area contributed by atoms with Crippen molar-refractivity contribution in [2.75, 3.05) is 6.61 Å².